The van der Waals surface area contributed by atoms with Crippen LogP contribution in [0.3, 0.4) is 0 Å². The standard InChI is InChI=1S/C30H45N7O9/c1-16(2)24(39)23(35-22(38)15-46-4)29(44)37-21(11-8-12-32-37)28(43)33-19(13-18-9-6-5-7-10-18)25(40)17(3)26(41)34-20-14-31-30(45)36-27(20)42/h5-7,9-10,16-17,19-21,23-25,32,39-40H,8,11-15H2,1-4H3,(H,33,43)(H,34,41)(H,35,38)(H2,31,36,42,45). The van der Waals surface area contributed by atoms with Crippen LogP contribution in [-0.4, -0.2) is 114 Å². The smallest absolute Gasteiger partial charge is 0.321 e. The highest BCUT2D eigenvalue weighted by Gasteiger charge is 2.42. The summed E-state index contributed by atoms with van der Waals surface area (Å²) < 4.78 is 4.85. The third-order valence-corrected chi connectivity index (χ3v) is 7.97. The van der Waals surface area contributed by atoms with Crippen molar-refractivity contribution in [2.45, 2.75) is 76.4 Å². The van der Waals surface area contributed by atoms with Crippen LogP contribution in [0.2, 0.25) is 0 Å². The monoisotopic (exact) mass is 647 g/mol. The highest BCUT2D eigenvalue weighted by Crippen LogP contribution is 2.19. The summed E-state index contributed by atoms with van der Waals surface area (Å²) in [6.45, 7) is 4.71. The van der Waals surface area contributed by atoms with Gasteiger partial charge in [0.05, 0.1) is 24.2 Å². The minimum atomic E-state index is -1.44. The first-order valence-electron chi connectivity index (χ1n) is 15.3. The lowest BCUT2D eigenvalue weighted by Crippen LogP contribution is -2.66. The fourth-order valence-corrected chi connectivity index (χ4v) is 5.25. The Morgan fingerprint density at radius 2 is 1.74 bits per heavy atom. The maximum Gasteiger partial charge on any atom is 0.321 e. The zero-order chi connectivity index (χ0) is 34.0. The Hall–Kier alpha value is -4.12. The first kappa shape index (κ1) is 36.3. The second-order valence-electron chi connectivity index (χ2n) is 11.8. The SMILES string of the molecule is COCC(=O)NC(C(=O)N1NCCCC1C(=O)NC(Cc1ccccc1)C(O)C(C)C(=O)NC1CNC(=O)NC1=O)C(O)C(C)C. The maximum absolute atomic E-state index is 13.8. The van der Waals surface area contributed by atoms with Crippen LogP contribution in [0, 0.1) is 11.8 Å². The summed E-state index contributed by atoms with van der Waals surface area (Å²) in [5, 5.41) is 35.6. The topological polar surface area (TPSA) is 228 Å². The molecule has 2 saturated heterocycles. The molecule has 0 bridgehead atoms. The van der Waals surface area contributed by atoms with E-state index >= 15 is 0 Å². The van der Waals surface area contributed by atoms with Crippen LogP contribution in [0.1, 0.15) is 39.2 Å². The second-order valence-corrected chi connectivity index (χ2v) is 11.8. The molecule has 8 N–H and O–H groups in total. The number of nitrogens with one attached hydrogen (secondary N) is 6. The number of hydrazine groups is 1. The normalized spacial score (nSPS) is 21.6. The minimum absolute atomic E-state index is 0.125. The molecule has 0 radical (unpaired) electrons. The summed E-state index contributed by atoms with van der Waals surface area (Å²) in [6, 6.07) is 3.79. The number of carbonyl (C=O) groups is 6. The number of hydrogen-bond acceptors (Lipinski definition) is 10. The molecule has 1 aromatic carbocycles. The Bertz CT molecular complexity index is 1250. The average molecular weight is 648 g/mol. The molecule has 1 aromatic rings. The van der Waals surface area contributed by atoms with Crippen molar-refractivity contribution in [3.63, 3.8) is 0 Å². The van der Waals surface area contributed by atoms with Crippen molar-refractivity contribution in [1.29, 1.82) is 0 Å². The van der Waals surface area contributed by atoms with Crippen molar-refractivity contribution in [2.24, 2.45) is 11.8 Å². The number of nitrogens with zero attached hydrogens (tertiary/aromatic N) is 1. The molecule has 7 amide bonds. The Kier molecular flexibility index (Phi) is 13.4. The first-order chi connectivity index (χ1) is 21.8. The molecule has 2 heterocycles. The molecule has 3 rings (SSSR count). The summed E-state index contributed by atoms with van der Waals surface area (Å²) in [4.78, 5) is 76.5. The maximum atomic E-state index is 13.8. The van der Waals surface area contributed by atoms with E-state index in [0.29, 0.717) is 13.0 Å². The van der Waals surface area contributed by atoms with E-state index in [4.69, 9.17) is 4.74 Å². The van der Waals surface area contributed by atoms with Gasteiger partial charge in [-0.05, 0) is 30.7 Å². The van der Waals surface area contributed by atoms with Crippen LogP contribution < -0.4 is 32.0 Å². The molecule has 0 spiro atoms. The number of carbonyl (C=O) groups excluding carboxylic acids is 6. The summed E-state index contributed by atoms with van der Waals surface area (Å²) in [7, 11) is 1.32. The largest absolute Gasteiger partial charge is 0.390 e. The minimum Gasteiger partial charge on any atom is -0.390 e. The van der Waals surface area contributed by atoms with Crippen LogP contribution in [-0.2, 0) is 35.1 Å². The van der Waals surface area contributed by atoms with E-state index in [1.54, 1.807) is 38.1 Å². The quantitative estimate of drug-likeness (QED) is 0.108. The van der Waals surface area contributed by atoms with Crippen molar-refractivity contribution >= 4 is 35.6 Å². The summed E-state index contributed by atoms with van der Waals surface area (Å²) in [6.07, 6.45) is -1.81. The van der Waals surface area contributed by atoms with Crippen molar-refractivity contribution in [2.75, 3.05) is 26.8 Å². The zero-order valence-electron chi connectivity index (χ0n) is 26.4. The lowest BCUT2D eigenvalue weighted by molar-refractivity contribution is -0.153. The number of aliphatic hydroxyl groups excluding tert-OH is 2. The molecule has 7 atom stereocenters. The molecule has 2 fully saturated rings. The van der Waals surface area contributed by atoms with E-state index in [2.05, 4.69) is 32.0 Å². The van der Waals surface area contributed by atoms with Crippen LogP contribution in [0.15, 0.2) is 30.3 Å². The van der Waals surface area contributed by atoms with Crippen molar-refractivity contribution in [1.82, 2.24) is 37.0 Å². The molecule has 16 heteroatoms. The van der Waals surface area contributed by atoms with Crippen LogP contribution in [0.4, 0.5) is 4.79 Å². The number of amides is 7. The summed E-state index contributed by atoms with van der Waals surface area (Å²) in [5.74, 6) is -4.86. The molecule has 0 aromatic heterocycles. The lowest BCUT2D eigenvalue weighted by atomic mass is 9.91. The molecule has 254 valence electrons. The summed E-state index contributed by atoms with van der Waals surface area (Å²) in [5.41, 5.74) is 3.66. The van der Waals surface area contributed by atoms with Gasteiger partial charge in [-0.3, -0.25) is 34.3 Å². The number of aliphatic hydroxyl groups is 2. The van der Waals surface area contributed by atoms with Gasteiger partial charge in [-0.15, -0.1) is 0 Å². The number of methoxy groups -OCH3 is 1. The fraction of sp³-hybridized carbons (Fsp3) is 0.600. The Balaban J connectivity index is 1.81. The van der Waals surface area contributed by atoms with Gasteiger partial charge >= 0.3 is 6.03 Å². The van der Waals surface area contributed by atoms with Gasteiger partial charge in [-0.1, -0.05) is 51.1 Å². The van der Waals surface area contributed by atoms with Crippen molar-refractivity contribution in [3.8, 4) is 0 Å². The number of urea groups is 1. The predicted molar refractivity (Wildman–Crippen MR) is 163 cm³/mol. The number of hydrogen-bond donors (Lipinski definition) is 8. The highest BCUT2D eigenvalue weighted by atomic mass is 16.5. The van der Waals surface area contributed by atoms with Gasteiger partial charge in [0.15, 0.2) is 0 Å². The zero-order valence-corrected chi connectivity index (χ0v) is 26.4. The fourth-order valence-electron chi connectivity index (χ4n) is 5.25. The van der Waals surface area contributed by atoms with Gasteiger partial charge in [0.2, 0.25) is 17.7 Å². The average Bonchev–Trinajstić information content (AvgIpc) is 3.03. The molecule has 46 heavy (non-hydrogen) atoms. The van der Waals surface area contributed by atoms with E-state index in [9.17, 15) is 39.0 Å². The third-order valence-electron chi connectivity index (χ3n) is 7.97. The Morgan fingerprint density at radius 3 is 2.37 bits per heavy atom. The van der Waals surface area contributed by atoms with E-state index < -0.39 is 83.8 Å². The molecule has 2 aliphatic rings. The van der Waals surface area contributed by atoms with E-state index in [1.165, 1.54) is 14.0 Å². The Morgan fingerprint density at radius 1 is 1.04 bits per heavy atom. The number of ether oxygens (including phenoxy) is 1. The molecule has 0 aliphatic carbocycles. The molecule has 7 unspecified atom stereocenters. The number of imide groups is 1. The van der Waals surface area contributed by atoms with Crippen LogP contribution >= 0.6 is 0 Å². The van der Waals surface area contributed by atoms with Crippen LogP contribution in [0.25, 0.3) is 0 Å². The molecule has 2 aliphatic heterocycles. The van der Waals surface area contributed by atoms with Gasteiger partial charge < -0.3 is 36.2 Å². The molecular formula is C30H45N7O9. The van der Waals surface area contributed by atoms with Gasteiger partial charge in [-0.25, -0.2) is 10.2 Å². The lowest BCUT2D eigenvalue weighted by Gasteiger charge is -2.39. The van der Waals surface area contributed by atoms with Gasteiger partial charge in [0.25, 0.3) is 11.8 Å². The second kappa shape index (κ2) is 17.0. The predicted octanol–water partition coefficient (Wildman–Crippen LogP) is -2.32. The van der Waals surface area contributed by atoms with Gasteiger partial charge in [-0.2, -0.15) is 0 Å². The highest BCUT2D eigenvalue weighted by molar-refractivity contribution is 6.01. The number of benzene rings is 1. The molecular weight excluding hydrogens is 602 g/mol. The van der Waals surface area contributed by atoms with E-state index in [0.717, 1.165) is 10.6 Å². The Labute approximate surface area is 267 Å². The molecule has 16 nitrogen and oxygen atoms in total. The van der Waals surface area contributed by atoms with E-state index in [-0.39, 0.29) is 26.0 Å². The van der Waals surface area contributed by atoms with Crippen molar-refractivity contribution in [3.05, 3.63) is 35.9 Å². The number of rotatable bonds is 14. The first-order valence-corrected chi connectivity index (χ1v) is 15.3. The molecule has 0 saturated carbocycles. The third kappa shape index (κ3) is 9.69. The van der Waals surface area contributed by atoms with E-state index in [1.807, 2.05) is 6.07 Å². The van der Waals surface area contributed by atoms with Gasteiger partial charge in [0.1, 0.15) is 24.7 Å². The van der Waals surface area contributed by atoms with Crippen molar-refractivity contribution < 1.29 is 43.7 Å². The van der Waals surface area contributed by atoms with Gasteiger partial charge in [0, 0.05) is 20.2 Å². The van der Waals surface area contributed by atoms with Crippen LogP contribution in [0.5, 0.6) is 0 Å². The summed E-state index contributed by atoms with van der Waals surface area (Å²) >= 11 is 0.